The summed E-state index contributed by atoms with van der Waals surface area (Å²) in [6, 6.07) is 3.79. The third-order valence-corrected chi connectivity index (χ3v) is 1.64. The first-order valence-electron chi connectivity index (χ1n) is 3.71. The Morgan fingerprint density at radius 1 is 1.31 bits per heavy atom. The lowest BCUT2D eigenvalue weighted by Gasteiger charge is -2.02. The molecule has 4 nitrogen and oxygen atoms in total. The van der Waals surface area contributed by atoms with Gasteiger partial charge in [-0.3, -0.25) is 4.79 Å². The number of ketones is 1. The van der Waals surface area contributed by atoms with Crippen LogP contribution in [0.4, 0.5) is 0 Å². The number of phenolic OH excluding ortho intramolecular Hbond substituents is 1. The normalized spacial score (nSPS) is 9.77. The molecule has 0 unspecified atom stereocenters. The van der Waals surface area contributed by atoms with Crippen molar-refractivity contribution in [1.82, 2.24) is 0 Å². The summed E-state index contributed by atoms with van der Waals surface area (Å²) in [5, 5.41) is 26.7. The lowest BCUT2D eigenvalue weighted by Crippen LogP contribution is -2.30. The van der Waals surface area contributed by atoms with Gasteiger partial charge in [0.25, 0.3) is 0 Å². The largest absolute Gasteiger partial charge is 0.508 e. The van der Waals surface area contributed by atoms with Gasteiger partial charge in [-0.05, 0) is 24.5 Å². The molecule has 0 bridgehead atoms. The van der Waals surface area contributed by atoms with Gasteiger partial charge in [0.2, 0.25) is 0 Å². The third-order valence-electron chi connectivity index (χ3n) is 1.64. The van der Waals surface area contributed by atoms with E-state index in [0.29, 0.717) is 0 Å². The van der Waals surface area contributed by atoms with E-state index in [1.165, 1.54) is 25.1 Å². The fraction of sp³-hybridized carbons (Fsp3) is 0.125. The molecule has 0 heterocycles. The summed E-state index contributed by atoms with van der Waals surface area (Å²) in [6.45, 7) is 1.34. The van der Waals surface area contributed by atoms with Gasteiger partial charge in [0, 0.05) is 5.56 Å². The highest BCUT2D eigenvalue weighted by atomic mass is 16.4. The van der Waals surface area contributed by atoms with Crippen LogP contribution in [-0.2, 0) is 0 Å². The Morgan fingerprint density at radius 3 is 2.38 bits per heavy atom. The predicted molar refractivity (Wildman–Crippen MR) is 47.9 cm³/mol. The van der Waals surface area contributed by atoms with Crippen molar-refractivity contribution in [3.05, 3.63) is 23.8 Å². The molecule has 0 saturated carbocycles. The highest BCUT2D eigenvalue weighted by Crippen LogP contribution is 2.10. The van der Waals surface area contributed by atoms with E-state index < -0.39 is 7.12 Å². The number of carbonyl (C=O) groups excluding carboxylic acids is 1. The Kier molecular flexibility index (Phi) is 2.70. The monoisotopic (exact) mass is 180 g/mol. The zero-order valence-corrected chi connectivity index (χ0v) is 7.06. The Labute approximate surface area is 75.6 Å². The highest BCUT2D eigenvalue weighted by Gasteiger charge is 2.13. The minimum atomic E-state index is -1.68. The summed E-state index contributed by atoms with van der Waals surface area (Å²) in [7, 11) is -1.68. The summed E-state index contributed by atoms with van der Waals surface area (Å²) in [6.07, 6.45) is 0. The molecule has 1 aromatic rings. The summed E-state index contributed by atoms with van der Waals surface area (Å²) in [4.78, 5) is 10.9. The molecule has 0 amide bonds. The molecule has 3 N–H and O–H groups in total. The van der Waals surface area contributed by atoms with E-state index in [1.54, 1.807) is 0 Å². The van der Waals surface area contributed by atoms with Crippen LogP contribution >= 0.6 is 0 Å². The molecule has 0 spiro atoms. The molecule has 0 aliphatic rings. The maximum Gasteiger partial charge on any atom is 0.488 e. The van der Waals surface area contributed by atoms with Crippen molar-refractivity contribution in [1.29, 1.82) is 0 Å². The van der Waals surface area contributed by atoms with Gasteiger partial charge in [-0.1, -0.05) is 6.07 Å². The number of aromatic hydroxyl groups is 1. The SMILES string of the molecule is CC(=O)c1cc(O)cc(B(O)O)c1. The van der Waals surface area contributed by atoms with Crippen LogP contribution in [0.3, 0.4) is 0 Å². The van der Waals surface area contributed by atoms with Crippen molar-refractivity contribution in [2.24, 2.45) is 0 Å². The number of rotatable bonds is 2. The number of benzene rings is 1. The van der Waals surface area contributed by atoms with E-state index in [1.807, 2.05) is 0 Å². The second kappa shape index (κ2) is 3.59. The van der Waals surface area contributed by atoms with E-state index in [0.717, 1.165) is 0 Å². The lowest BCUT2D eigenvalue weighted by molar-refractivity contribution is 0.101. The first-order chi connectivity index (χ1) is 6.00. The molecule has 0 aliphatic heterocycles. The van der Waals surface area contributed by atoms with Gasteiger partial charge in [0.05, 0.1) is 0 Å². The highest BCUT2D eigenvalue weighted by molar-refractivity contribution is 6.58. The van der Waals surface area contributed by atoms with Crippen molar-refractivity contribution >= 4 is 18.4 Å². The van der Waals surface area contributed by atoms with E-state index >= 15 is 0 Å². The van der Waals surface area contributed by atoms with Gasteiger partial charge in [-0.25, -0.2) is 0 Å². The average molecular weight is 180 g/mol. The van der Waals surface area contributed by atoms with Crippen LogP contribution in [0.25, 0.3) is 0 Å². The predicted octanol–water partition coefficient (Wildman–Crippen LogP) is -0.725. The Balaban J connectivity index is 3.19. The van der Waals surface area contributed by atoms with Gasteiger partial charge in [0.15, 0.2) is 5.78 Å². The maximum atomic E-state index is 10.9. The summed E-state index contributed by atoms with van der Waals surface area (Å²) >= 11 is 0. The van der Waals surface area contributed by atoms with Crippen molar-refractivity contribution in [2.75, 3.05) is 0 Å². The molecule has 5 heteroatoms. The van der Waals surface area contributed by atoms with E-state index in [4.69, 9.17) is 15.2 Å². The van der Waals surface area contributed by atoms with Crippen LogP contribution < -0.4 is 5.46 Å². The molecule has 0 radical (unpaired) electrons. The molecule has 0 saturated heterocycles. The number of phenols is 1. The molecule has 13 heavy (non-hydrogen) atoms. The number of hydrogen-bond donors (Lipinski definition) is 3. The molecule has 1 rings (SSSR count). The molecule has 0 aromatic heterocycles. The van der Waals surface area contributed by atoms with Crippen LogP contribution in [0.2, 0.25) is 0 Å². The summed E-state index contributed by atoms with van der Waals surface area (Å²) in [5.41, 5.74) is 0.355. The topological polar surface area (TPSA) is 77.8 Å². The quantitative estimate of drug-likeness (QED) is 0.414. The molecular formula is C8H9BO4. The average Bonchev–Trinajstić information content (AvgIpc) is 2.03. The summed E-state index contributed by atoms with van der Waals surface area (Å²) < 4.78 is 0. The fourth-order valence-electron chi connectivity index (χ4n) is 0.987. The van der Waals surface area contributed by atoms with Crippen molar-refractivity contribution < 1.29 is 19.9 Å². The molecule has 68 valence electrons. The zero-order valence-electron chi connectivity index (χ0n) is 7.06. The van der Waals surface area contributed by atoms with Gasteiger partial charge in [-0.15, -0.1) is 0 Å². The lowest BCUT2D eigenvalue weighted by atomic mass is 9.79. The zero-order chi connectivity index (χ0) is 10.0. The van der Waals surface area contributed by atoms with Crippen LogP contribution in [0.1, 0.15) is 17.3 Å². The van der Waals surface area contributed by atoms with E-state index in [2.05, 4.69) is 0 Å². The second-order valence-electron chi connectivity index (χ2n) is 2.74. The van der Waals surface area contributed by atoms with Crippen molar-refractivity contribution in [3.8, 4) is 5.75 Å². The first-order valence-corrected chi connectivity index (χ1v) is 3.71. The Morgan fingerprint density at radius 2 is 1.92 bits per heavy atom. The van der Waals surface area contributed by atoms with Gasteiger partial charge >= 0.3 is 7.12 Å². The van der Waals surface area contributed by atoms with Crippen LogP contribution in [0.15, 0.2) is 18.2 Å². The Bertz CT molecular complexity index is 335. The smallest absolute Gasteiger partial charge is 0.488 e. The maximum absolute atomic E-state index is 10.9. The molecule has 1 aromatic carbocycles. The van der Waals surface area contributed by atoms with Gasteiger partial charge in [0.1, 0.15) is 5.75 Å². The van der Waals surface area contributed by atoms with Crippen molar-refractivity contribution in [3.63, 3.8) is 0 Å². The second-order valence-corrected chi connectivity index (χ2v) is 2.74. The molecule has 0 fully saturated rings. The fourth-order valence-corrected chi connectivity index (χ4v) is 0.987. The van der Waals surface area contributed by atoms with E-state index in [-0.39, 0.29) is 22.6 Å². The van der Waals surface area contributed by atoms with Crippen LogP contribution in [0.5, 0.6) is 5.75 Å². The minimum absolute atomic E-state index is 0.102. The van der Waals surface area contributed by atoms with Crippen LogP contribution in [-0.4, -0.2) is 28.1 Å². The molecule has 0 aliphatic carbocycles. The standard InChI is InChI=1S/C8H9BO4/c1-5(10)6-2-7(9(12)13)4-8(11)3-6/h2-4,11-13H,1H3. The van der Waals surface area contributed by atoms with Gasteiger partial charge < -0.3 is 15.2 Å². The summed E-state index contributed by atoms with van der Waals surface area (Å²) in [5.74, 6) is -0.395. The van der Waals surface area contributed by atoms with Crippen molar-refractivity contribution in [2.45, 2.75) is 6.92 Å². The Hall–Kier alpha value is -1.33. The first kappa shape index (κ1) is 9.76. The molecule has 0 atom stereocenters. The third kappa shape index (κ3) is 2.30. The number of hydrogen-bond acceptors (Lipinski definition) is 4. The van der Waals surface area contributed by atoms with Crippen LogP contribution in [0, 0.1) is 0 Å². The minimum Gasteiger partial charge on any atom is -0.508 e. The van der Waals surface area contributed by atoms with E-state index in [9.17, 15) is 4.79 Å². The molecular weight excluding hydrogens is 171 g/mol. The van der Waals surface area contributed by atoms with Gasteiger partial charge in [-0.2, -0.15) is 0 Å². The number of Topliss-reactive ketones (excluding diaryl/α,β-unsaturated/α-hetero) is 1. The number of carbonyl (C=O) groups is 1.